The number of nitro benzene ring substituents is 1. The van der Waals surface area contributed by atoms with Gasteiger partial charge in [-0.15, -0.1) is 0 Å². The van der Waals surface area contributed by atoms with Crippen LogP contribution in [0.15, 0.2) is 18.2 Å². The van der Waals surface area contributed by atoms with E-state index in [1.165, 1.54) is 6.07 Å². The average molecular weight is 366 g/mol. The maximum absolute atomic E-state index is 10.6. The Balaban J connectivity index is 2.69. The normalized spacial score (nSPS) is 12.2. The van der Waals surface area contributed by atoms with E-state index in [0.717, 1.165) is 21.4 Å². The molecule has 1 aromatic carbocycles. The highest BCUT2D eigenvalue weighted by atomic mass is 127. The second-order valence-corrected chi connectivity index (χ2v) is 5.90. The Hall–Kier alpha value is -0.500. The Morgan fingerprint density at radius 1 is 1.59 bits per heavy atom. The lowest BCUT2D eigenvalue weighted by atomic mass is 10.2. The topological polar surface area (TPSA) is 55.2 Å². The Labute approximate surface area is 119 Å². The van der Waals surface area contributed by atoms with Crippen LogP contribution < -0.4 is 5.32 Å². The number of hydrogen-bond acceptors (Lipinski definition) is 4. The zero-order chi connectivity index (χ0) is 12.8. The van der Waals surface area contributed by atoms with Crippen LogP contribution >= 0.6 is 34.4 Å². The minimum absolute atomic E-state index is 0.136. The van der Waals surface area contributed by atoms with Gasteiger partial charge in [0.05, 0.1) is 4.92 Å². The second-order valence-electron chi connectivity index (χ2n) is 3.75. The molecule has 0 spiro atoms. The molecule has 1 unspecified atom stereocenters. The third-order valence-corrected chi connectivity index (χ3v) is 3.86. The highest BCUT2D eigenvalue weighted by Crippen LogP contribution is 2.24. The number of non-ortho nitro benzene ring substituents is 1. The van der Waals surface area contributed by atoms with Crippen LogP contribution in [0.2, 0.25) is 0 Å². The van der Waals surface area contributed by atoms with Crippen molar-refractivity contribution in [2.45, 2.75) is 19.4 Å². The van der Waals surface area contributed by atoms with Gasteiger partial charge in [0, 0.05) is 27.4 Å². The standard InChI is InChI=1S/C11H15IN2O2S/c1-8(5-6-17-2)13-11-4-3-9(14(15)16)7-10(11)12/h3-4,7-8,13H,5-6H2,1-2H3. The molecule has 0 heterocycles. The molecule has 0 aliphatic carbocycles. The summed E-state index contributed by atoms with van der Waals surface area (Å²) in [4.78, 5) is 10.2. The van der Waals surface area contributed by atoms with Crippen LogP contribution in [-0.4, -0.2) is 23.0 Å². The van der Waals surface area contributed by atoms with Crippen LogP contribution in [0.5, 0.6) is 0 Å². The van der Waals surface area contributed by atoms with Crippen molar-refractivity contribution in [3.63, 3.8) is 0 Å². The Morgan fingerprint density at radius 2 is 2.29 bits per heavy atom. The predicted molar refractivity (Wildman–Crippen MR) is 81.9 cm³/mol. The van der Waals surface area contributed by atoms with Crippen molar-refractivity contribution in [2.75, 3.05) is 17.3 Å². The van der Waals surface area contributed by atoms with Crippen LogP contribution in [0.3, 0.4) is 0 Å². The van der Waals surface area contributed by atoms with Crippen LogP contribution in [0.4, 0.5) is 11.4 Å². The zero-order valence-corrected chi connectivity index (χ0v) is 12.7. The van der Waals surface area contributed by atoms with Gasteiger partial charge in [0.15, 0.2) is 0 Å². The average Bonchev–Trinajstić information content (AvgIpc) is 2.28. The molecule has 0 radical (unpaired) electrons. The molecule has 0 fully saturated rings. The lowest BCUT2D eigenvalue weighted by molar-refractivity contribution is -0.384. The molecule has 1 N–H and O–H groups in total. The van der Waals surface area contributed by atoms with E-state index in [1.807, 2.05) is 11.8 Å². The molecule has 6 heteroatoms. The summed E-state index contributed by atoms with van der Waals surface area (Å²) in [7, 11) is 0. The summed E-state index contributed by atoms with van der Waals surface area (Å²) < 4.78 is 0.882. The number of nitrogens with zero attached hydrogens (tertiary/aromatic N) is 1. The fraction of sp³-hybridized carbons (Fsp3) is 0.455. The second kappa shape index (κ2) is 7.05. The summed E-state index contributed by atoms with van der Waals surface area (Å²) in [5.74, 6) is 1.11. The molecular formula is C11H15IN2O2S. The highest BCUT2D eigenvalue weighted by molar-refractivity contribution is 14.1. The molecule has 0 saturated carbocycles. The molecule has 0 amide bonds. The van der Waals surface area contributed by atoms with Gasteiger partial charge in [-0.1, -0.05) is 0 Å². The van der Waals surface area contributed by atoms with E-state index in [1.54, 1.807) is 12.1 Å². The van der Waals surface area contributed by atoms with Gasteiger partial charge in [0.25, 0.3) is 5.69 Å². The summed E-state index contributed by atoms with van der Waals surface area (Å²) >= 11 is 3.94. The van der Waals surface area contributed by atoms with E-state index < -0.39 is 0 Å². The van der Waals surface area contributed by atoms with E-state index in [9.17, 15) is 10.1 Å². The van der Waals surface area contributed by atoms with Gasteiger partial charge in [-0.3, -0.25) is 10.1 Å². The smallest absolute Gasteiger partial charge is 0.270 e. The fourth-order valence-electron chi connectivity index (χ4n) is 1.37. The lowest BCUT2D eigenvalue weighted by Crippen LogP contribution is -2.16. The summed E-state index contributed by atoms with van der Waals surface area (Å²) in [6.07, 6.45) is 3.16. The van der Waals surface area contributed by atoms with Crippen molar-refractivity contribution in [1.29, 1.82) is 0 Å². The number of nitrogens with one attached hydrogen (secondary N) is 1. The Kier molecular flexibility index (Phi) is 6.04. The largest absolute Gasteiger partial charge is 0.382 e. The maximum atomic E-state index is 10.6. The van der Waals surface area contributed by atoms with Crippen molar-refractivity contribution in [2.24, 2.45) is 0 Å². The fourth-order valence-corrected chi connectivity index (χ4v) is 2.61. The maximum Gasteiger partial charge on any atom is 0.270 e. The van der Waals surface area contributed by atoms with Gasteiger partial charge in [-0.25, -0.2) is 0 Å². The number of halogens is 1. The lowest BCUT2D eigenvalue weighted by Gasteiger charge is -2.15. The van der Waals surface area contributed by atoms with E-state index in [-0.39, 0.29) is 10.6 Å². The van der Waals surface area contributed by atoms with E-state index in [0.29, 0.717) is 6.04 Å². The number of rotatable bonds is 6. The number of hydrogen-bond donors (Lipinski definition) is 1. The first-order chi connectivity index (χ1) is 8.04. The minimum atomic E-state index is -0.372. The summed E-state index contributed by atoms with van der Waals surface area (Å²) in [6.45, 7) is 2.12. The van der Waals surface area contributed by atoms with Crippen LogP contribution in [0.1, 0.15) is 13.3 Å². The Morgan fingerprint density at radius 3 is 2.82 bits per heavy atom. The summed E-state index contributed by atoms with van der Waals surface area (Å²) in [5.41, 5.74) is 1.10. The molecule has 0 saturated heterocycles. The molecule has 1 aromatic rings. The molecule has 0 aromatic heterocycles. The molecule has 94 valence electrons. The molecule has 0 aliphatic rings. The molecule has 1 rings (SSSR count). The van der Waals surface area contributed by atoms with E-state index in [2.05, 4.69) is 41.1 Å². The van der Waals surface area contributed by atoms with Gasteiger partial charge in [0.2, 0.25) is 0 Å². The third-order valence-electron chi connectivity index (χ3n) is 2.32. The first-order valence-corrected chi connectivity index (χ1v) is 7.71. The van der Waals surface area contributed by atoms with Gasteiger partial charge >= 0.3 is 0 Å². The van der Waals surface area contributed by atoms with E-state index in [4.69, 9.17) is 0 Å². The minimum Gasteiger partial charge on any atom is -0.382 e. The van der Waals surface area contributed by atoms with Gasteiger partial charge < -0.3 is 5.32 Å². The first-order valence-electron chi connectivity index (χ1n) is 5.24. The van der Waals surface area contributed by atoms with Crippen molar-refractivity contribution >= 4 is 45.7 Å². The molecule has 1 atom stereocenters. The first kappa shape index (κ1) is 14.6. The van der Waals surface area contributed by atoms with Crippen molar-refractivity contribution < 1.29 is 4.92 Å². The highest BCUT2D eigenvalue weighted by Gasteiger charge is 2.10. The number of nitro groups is 1. The Bertz CT molecular complexity index is 401. The SMILES string of the molecule is CSCCC(C)Nc1ccc([N+](=O)[O-])cc1I. The zero-order valence-electron chi connectivity index (χ0n) is 9.77. The van der Waals surface area contributed by atoms with Crippen molar-refractivity contribution in [1.82, 2.24) is 0 Å². The quantitative estimate of drug-likeness (QED) is 0.473. The summed E-state index contributed by atoms with van der Waals surface area (Å²) in [6, 6.07) is 5.27. The molecular weight excluding hydrogens is 351 g/mol. The number of thioether (sulfide) groups is 1. The summed E-state index contributed by atoms with van der Waals surface area (Å²) in [5, 5.41) is 14.0. The van der Waals surface area contributed by atoms with Crippen LogP contribution in [0, 0.1) is 13.7 Å². The molecule has 4 nitrogen and oxygen atoms in total. The number of benzene rings is 1. The van der Waals surface area contributed by atoms with Gasteiger partial charge in [0.1, 0.15) is 0 Å². The molecule has 0 aliphatic heterocycles. The third kappa shape index (κ3) is 4.71. The van der Waals surface area contributed by atoms with Crippen LogP contribution in [-0.2, 0) is 0 Å². The van der Waals surface area contributed by atoms with Crippen LogP contribution in [0.25, 0.3) is 0 Å². The van der Waals surface area contributed by atoms with Crippen molar-refractivity contribution in [3.8, 4) is 0 Å². The van der Waals surface area contributed by atoms with Crippen molar-refractivity contribution in [3.05, 3.63) is 31.9 Å². The number of anilines is 1. The monoisotopic (exact) mass is 366 g/mol. The van der Waals surface area contributed by atoms with E-state index >= 15 is 0 Å². The molecule has 0 bridgehead atoms. The molecule has 17 heavy (non-hydrogen) atoms. The van der Waals surface area contributed by atoms with Gasteiger partial charge in [-0.05, 0) is 54.0 Å². The predicted octanol–water partition coefficient (Wildman–Crippen LogP) is 3.75. The van der Waals surface area contributed by atoms with Gasteiger partial charge in [-0.2, -0.15) is 11.8 Å².